The molecule has 2 heterocycles. The molecule has 0 aliphatic heterocycles. The average molecular weight is 261 g/mol. The summed E-state index contributed by atoms with van der Waals surface area (Å²) in [7, 11) is 3.30. The molecule has 0 aliphatic carbocycles. The van der Waals surface area contributed by atoms with E-state index in [1.54, 1.807) is 44.8 Å². The quantitative estimate of drug-likeness (QED) is 0.913. The molecule has 2 aromatic heterocycles. The number of nitrogens with zero attached hydrogens (tertiary/aromatic N) is 2. The highest BCUT2D eigenvalue weighted by Crippen LogP contribution is 2.07. The number of rotatable bonds is 3. The summed E-state index contributed by atoms with van der Waals surface area (Å²) in [6.07, 6.45) is 3.13. The van der Waals surface area contributed by atoms with Gasteiger partial charge in [0.15, 0.2) is 0 Å². The van der Waals surface area contributed by atoms with Gasteiger partial charge in [0.25, 0.3) is 0 Å². The Morgan fingerprint density at radius 2 is 2.21 bits per heavy atom. The second-order valence-corrected chi connectivity index (χ2v) is 4.23. The Kier molecular flexibility index (Phi) is 3.70. The maximum absolute atomic E-state index is 11.9. The molecule has 0 aliphatic rings. The van der Waals surface area contributed by atoms with Gasteiger partial charge in [-0.05, 0) is 18.2 Å². The van der Waals surface area contributed by atoms with Crippen molar-refractivity contribution in [1.82, 2.24) is 9.47 Å². The highest BCUT2D eigenvalue weighted by Gasteiger charge is 2.10. The monoisotopic (exact) mass is 261 g/mol. The van der Waals surface area contributed by atoms with Crippen LogP contribution in [0.2, 0.25) is 0 Å². The molecule has 0 bridgehead atoms. The fraction of sp³-hybridized carbons (Fsp3) is 0.231. The molecular formula is C13H15N3O3. The summed E-state index contributed by atoms with van der Waals surface area (Å²) in [5.74, 6) is 0.707. The second-order valence-electron chi connectivity index (χ2n) is 4.23. The molecular weight excluding hydrogens is 246 g/mol. The van der Waals surface area contributed by atoms with Crippen molar-refractivity contribution in [2.24, 2.45) is 7.05 Å². The standard InChI is InChI=1S/C13H15N3O3/c1-15-8-10(5-6-12(15)17)14-13(18)16(2)9-11-4-3-7-19-11/h3-8H,9H2,1-2H3,(H,14,18). The second kappa shape index (κ2) is 5.43. The number of aryl methyl sites for hydroxylation is 1. The van der Waals surface area contributed by atoms with E-state index in [1.165, 1.54) is 15.5 Å². The van der Waals surface area contributed by atoms with Crippen molar-refractivity contribution in [3.05, 3.63) is 52.8 Å². The summed E-state index contributed by atoms with van der Waals surface area (Å²) < 4.78 is 6.58. The van der Waals surface area contributed by atoms with Crippen LogP contribution in [0, 0.1) is 0 Å². The summed E-state index contributed by atoms with van der Waals surface area (Å²) in [6.45, 7) is 0.380. The van der Waals surface area contributed by atoms with Crippen molar-refractivity contribution in [1.29, 1.82) is 0 Å². The van der Waals surface area contributed by atoms with E-state index in [-0.39, 0.29) is 11.6 Å². The van der Waals surface area contributed by atoms with Gasteiger partial charge in [-0.1, -0.05) is 0 Å². The largest absolute Gasteiger partial charge is 0.467 e. The van der Waals surface area contributed by atoms with Crippen LogP contribution in [0.1, 0.15) is 5.76 Å². The van der Waals surface area contributed by atoms with Crippen molar-refractivity contribution in [2.45, 2.75) is 6.54 Å². The molecule has 1 N–H and O–H groups in total. The lowest BCUT2D eigenvalue weighted by Crippen LogP contribution is -2.31. The Balaban J connectivity index is 2.00. The van der Waals surface area contributed by atoms with Crippen molar-refractivity contribution < 1.29 is 9.21 Å². The molecule has 0 spiro atoms. The molecule has 0 unspecified atom stereocenters. The van der Waals surface area contributed by atoms with Gasteiger partial charge in [0, 0.05) is 26.4 Å². The Morgan fingerprint density at radius 1 is 1.42 bits per heavy atom. The Morgan fingerprint density at radius 3 is 2.84 bits per heavy atom. The van der Waals surface area contributed by atoms with Crippen LogP contribution >= 0.6 is 0 Å². The molecule has 6 heteroatoms. The minimum atomic E-state index is -0.268. The molecule has 0 radical (unpaired) electrons. The zero-order valence-corrected chi connectivity index (χ0v) is 10.8. The third kappa shape index (κ3) is 3.25. The Labute approximate surface area is 110 Å². The van der Waals surface area contributed by atoms with Crippen molar-refractivity contribution in [3.8, 4) is 0 Å². The topological polar surface area (TPSA) is 67.5 Å². The number of amides is 2. The van der Waals surface area contributed by atoms with Gasteiger partial charge in [-0.3, -0.25) is 4.79 Å². The zero-order valence-electron chi connectivity index (χ0n) is 10.8. The van der Waals surface area contributed by atoms with Crippen LogP contribution in [0.25, 0.3) is 0 Å². The molecule has 0 saturated heterocycles. The van der Waals surface area contributed by atoms with Crippen LogP contribution in [0.5, 0.6) is 0 Å². The van der Waals surface area contributed by atoms with Gasteiger partial charge in [0.2, 0.25) is 5.56 Å². The first-order valence-electron chi connectivity index (χ1n) is 5.77. The Bertz CT molecular complexity index is 616. The molecule has 0 aromatic carbocycles. The van der Waals surface area contributed by atoms with Crippen LogP contribution < -0.4 is 10.9 Å². The van der Waals surface area contributed by atoms with Crippen LogP contribution in [0.3, 0.4) is 0 Å². The molecule has 0 saturated carbocycles. The first-order valence-corrected chi connectivity index (χ1v) is 5.77. The first kappa shape index (κ1) is 12.9. The molecule has 0 fully saturated rings. The summed E-state index contributed by atoms with van der Waals surface area (Å²) >= 11 is 0. The molecule has 2 aromatic rings. The molecule has 2 rings (SSSR count). The number of hydrogen-bond donors (Lipinski definition) is 1. The average Bonchev–Trinajstić information content (AvgIpc) is 2.86. The molecule has 19 heavy (non-hydrogen) atoms. The van der Waals surface area contributed by atoms with E-state index in [0.717, 1.165) is 0 Å². The van der Waals surface area contributed by atoms with Crippen molar-refractivity contribution in [3.63, 3.8) is 0 Å². The lowest BCUT2D eigenvalue weighted by Gasteiger charge is -2.16. The number of hydrogen-bond acceptors (Lipinski definition) is 3. The molecule has 0 atom stereocenters. The third-order valence-corrected chi connectivity index (χ3v) is 2.66. The van der Waals surface area contributed by atoms with E-state index in [0.29, 0.717) is 18.0 Å². The minimum Gasteiger partial charge on any atom is -0.467 e. The lowest BCUT2D eigenvalue weighted by molar-refractivity contribution is 0.217. The normalized spacial score (nSPS) is 10.2. The number of anilines is 1. The summed E-state index contributed by atoms with van der Waals surface area (Å²) in [6, 6.07) is 6.28. The summed E-state index contributed by atoms with van der Waals surface area (Å²) in [5.41, 5.74) is 0.445. The van der Waals surface area contributed by atoms with Crippen LogP contribution in [0.4, 0.5) is 10.5 Å². The van der Waals surface area contributed by atoms with Gasteiger partial charge in [-0.2, -0.15) is 0 Å². The fourth-order valence-electron chi connectivity index (χ4n) is 1.59. The Hall–Kier alpha value is -2.50. The SMILES string of the molecule is CN(Cc1ccco1)C(=O)Nc1ccc(=O)n(C)c1. The van der Waals surface area contributed by atoms with Crippen molar-refractivity contribution in [2.75, 3.05) is 12.4 Å². The van der Waals surface area contributed by atoms with Gasteiger partial charge in [-0.15, -0.1) is 0 Å². The minimum absolute atomic E-state index is 0.123. The molecule has 6 nitrogen and oxygen atoms in total. The first-order chi connectivity index (χ1) is 9.06. The zero-order chi connectivity index (χ0) is 13.8. The number of furan rings is 1. The van der Waals surface area contributed by atoms with Gasteiger partial charge in [-0.25, -0.2) is 4.79 Å². The number of nitrogens with one attached hydrogen (secondary N) is 1. The number of aromatic nitrogens is 1. The van der Waals surface area contributed by atoms with E-state index in [9.17, 15) is 9.59 Å². The molecule has 100 valence electrons. The predicted octanol–water partition coefficient (Wildman–Crippen LogP) is 1.64. The lowest BCUT2D eigenvalue weighted by atomic mass is 10.4. The van der Waals surface area contributed by atoms with E-state index in [4.69, 9.17) is 4.42 Å². The smallest absolute Gasteiger partial charge is 0.322 e. The van der Waals surface area contributed by atoms with E-state index in [1.807, 2.05) is 0 Å². The van der Waals surface area contributed by atoms with Crippen LogP contribution in [-0.2, 0) is 13.6 Å². The van der Waals surface area contributed by atoms with Gasteiger partial charge in [0.1, 0.15) is 5.76 Å². The maximum Gasteiger partial charge on any atom is 0.322 e. The van der Waals surface area contributed by atoms with E-state index >= 15 is 0 Å². The number of pyridine rings is 1. The number of carbonyl (C=O) groups excluding carboxylic acids is 1. The van der Waals surface area contributed by atoms with Crippen LogP contribution in [0.15, 0.2) is 45.9 Å². The van der Waals surface area contributed by atoms with Crippen LogP contribution in [-0.4, -0.2) is 22.5 Å². The predicted molar refractivity (Wildman–Crippen MR) is 70.9 cm³/mol. The van der Waals surface area contributed by atoms with Gasteiger partial charge < -0.3 is 19.2 Å². The summed E-state index contributed by atoms with van der Waals surface area (Å²) in [4.78, 5) is 24.6. The number of carbonyl (C=O) groups is 1. The highest BCUT2D eigenvalue weighted by atomic mass is 16.3. The van der Waals surface area contributed by atoms with Gasteiger partial charge >= 0.3 is 6.03 Å². The summed E-state index contributed by atoms with van der Waals surface area (Å²) in [5, 5.41) is 2.71. The van der Waals surface area contributed by atoms with E-state index < -0.39 is 0 Å². The third-order valence-electron chi connectivity index (χ3n) is 2.66. The van der Waals surface area contributed by atoms with Gasteiger partial charge in [0.05, 0.1) is 18.5 Å². The number of urea groups is 1. The fourth-order valence-corrected chi connectivity index (χ4v) is 1.59. The van der Waals surface area contributed by atoms with Crippen molar-refractivity contribution >= 4 is 11.7 Å². The highest BCUT2D eigenvalue weighted by molar-refractivity contribution is 5.88. The molecule has 2 amide bonds. The maximum atomic E-state index is 11.9. The van der Waals surface area contributed by atoms with E-state index in [2.05, 4.69) is 5.32 Å².